The van der Waals surface area contributed by atoms with Crippen molar-refractivity contribution in [3.05, 3.63) is 70.9 Å². The standard InChI is InChI=1S/C27H32ClN5O2/c1-31-13-15-32(16-14-31)21-9-11-33(12-10-21)27(35)25(19-5-3-2-4-6-19)30-26(34)20-7-8-22-23(28)18-29-24(22)17-20/h2-8,17-18,21,25,29H,9-16H2,1H3,(H,30,34)/t25-/m1/s1. The Bertz CT molecular complexity index is 1180. The van der Waals surface area contributed by atoms with Crippen molar-refractivity contribution in [3.8, 4) is 0 Å². The Morgan fingerprint density at radius 2 is 1.71 bits per heavy atom. The van der Waals surface area contributed by atoms with Crippen molar-refractivity contribution in [1.29, 1.82) is 0 Å². The molecule has 2 aliphatic rings. The van der Waals surface area contributed by atoms with Gasteiger partial charge in [0.15, 0.2) is 0 Å². The molecule has 0 unspecified atom stereocenters. The van der Waals surface area contributed by atoms with Gasteiger partial charge in [-0.25, -0.2) is 0 Å². The summed E-state index contributed by atoms with van der Waals surface area (Å²) < 4.78 is 0. The van der Waals surface area contributed by atoms with Crippen LogP contribution in [0.15, 0.2) is 54.7 Å². The predicted molar refractivity (Wildman–Crippen MR) is 139 cm³/mol. The van der Waals surface area contributed by atoms with Crippen molar-refractivity contribution < 1.29 is 9.59 Å². The van der Waals surface area contributed by atoms with Gasteiger partial charge in [0.1, 0.15) is 6.04 Å². The summed E-state index contributed by atoms with van der Waals surface area (Å²) in [4.78, 5) is 36.8. The van der Waals surface area contributed by atoms with Gasteiger partial charge in [-0.2, -0.15) is 0 Å². The lowest BCUT2D eigenvalue weighted by Gasteiger charge is -2.42. The van der Waals surface area contributed by atoms with Crippen LogP contribution < -0.4 is 5.32 Å². The Morgan fingerprint density at radius 3 is 2.43 bits per heavy atom. The summed E-state index contributed by atoms with van der Waals surface area (Å²) in [6.07, 6.45) is 3.64. The Balaban J connectivity index is 1.29. The molecule has 184 valence electrons. The number of H-pyrrole nitrogens is 1. The van der Waals surface area contributed by atoms with E-state index in [-0.39, 0.29) is 11.8 Å². The van der Waals surface area contributed by atoms with Crippen LogP contribution in [0.1, 0.15) is 34.8 Å². The van der Waals surface area contributed by atoms with Crippen LogP contribution in [-0.2, 0) is 4.79 Å². The van der Waals surface area contributed by atoms with Crippen LogP contribution in [0.4, 0.5) is 0 Å². The van der Waals surface area contributed by atoms with E-state index in [2.05, 4.69) is 27.1 Å². The van der Waals surface area contributed by atoms with E-state index in [1.807, 2.05) is 41.3 Å². The van der Waals surface area contributed by atoms with Crippen LogP contribution in [0.25, 0.3) is 10.9 Å². The molecular formula is C27H32ClN5O2. The monoisotopic (exact) mass is 493 g/mol. The third kappa shape index (κ3) is 5.22. The number of carbonyl (C=O) groups excluding carboxylic acids is 2. The third-order valence-electron chi connectivity index (χ3n) is 7.38. The second kappa shape index (κ2) is 10.4. The summed E-state index contributed by atoms with van der Waals surface area (Å²) in [5, 5.41) is 4.48. The lowest BCUT2D eigenvalue weighted by Crippen LogP contribution is -2.54. The second-order valence-electron chi connectivity index (χ2n) is 9.61. The number of likely N-dealkylation sites (N-methyl/N-ethyl adjacent to an activating group) is 1. The number of fused-ring (bicyclic) bond motifs is 1. The van der Waals surface area contributed by atoms with E-state index in [4.69, 9.17) is 11.6 Å². The maximum atomic E-state index is 13.7. The average molecular weight is 494 g/mol. The van der Waals surface area contributed by atoms with Crippen molar-refractivity contribution in [2.24, 2.45) is 0 Å². The van der Waals surface area contributed by atoms with Gasteiger partial charge in [0.05, 0.1) is 5.02 Å². The number of piperazine rings is 1. The van der Waals surface area contributed by atoms with Crippen molar-refractivity contribution >= 4 is 34.3 Å². The molecule has 2 aliphatic heterocycles. The highest BCUT2D eigenvalue weighted by molar-refractivity contribution is 6.35. The van der Waals surface area contributed by atoms with Gasteiger partial charge in [-0.3, -0.25) is 14.5 Å². The number of benzene rings is 2. The first-order valence-electron chi connectivity index (χ1n) is 12.3. The molecule has 2 saturated heterocycles. The molecule has 0 bridgehead atoms. The number of aromatic nitrogens is 1. The highest BCUT2D eigenvalue weighted by atomic mass is 35.5. The van der Waals surface area contributed by atoms with E-state index in [9.17, 15) is 9.59 Å². The van der Waals surface area contributed by atoms with Gasteiger partial charge in [0, 0.05) is 68.0 Å². The molecule has 35 heavy (non-hydrogen) atoms. The molecule has 0 aliphatic carbocycles. The minimum atomic E-state index is -0.730. The largest absolute Gasteiger partial charge is 0.360 e. The number of nitrogens with one attached hydrogen (secondary N) is 2. The van der Waals surface area contributed by atoms with Crippen LogP contribution in [0.5, 0.6) is 0 Å². The number of hydrogen-bond acceptors (Lipinski definition) is 4. The zero-order chi connectivity index (χ0) is 24.4. The predicted octanol–water partition coefficient (Wildman–Crippen LogP) is 3.53. The van der Waals surface area contributed by atoms with Crippen LogP contribution >= 0.6 is 11.6 Å². The zero-order valence-electron chi connectivity index (χ0n) is 20.0. The number of rotatable bonds is 5. The topological polar surface area (TPSA) is 71.7 Å². The van der Waals surface area contributed by atoms with Gasteiger partial charge < -0.3 is 20.1 Å². The highest BCUT2D eigenvalue weighted by Crippen LogP contribution is 2.25. The quantitative estimate of drug-likeness (QED) is 0.570. The first kappa shape index (κ1) is 23.9. The molecule has 7 nitrogen and oxygen atoms in total. The number of aromatic amines is 1. The Morgan fingerprint density at radius 1 is 1.00 bits per heavy atom. The van der Waals surface area contributed by atoms with Gasteiger partial charge >= 0.3 is 0 Å². The van der Waals surface area contributed by atoms with Crippen LogP contribution in [-0.4, -0.2) is 83.9 Å². The molecule has 2 fully saturated rings. The SMILES string of the molecule is CN1CCN(C2CCN(C(=O)[C@H](NC(=O)c3ccc4c(Cl)c[nH]c4c3)c3ccccc3)CC2)CC1. The molecule has 2 aromatic carbocycles. The first-order valence-corrected chi connectivity index (χ1v) is 12.7. The summed E-state index contributed by atoms with van der Waals surface area (Å²) in [7, 11) is 2.17. The van der Waals surface area contributed by atoms with Gasteiger partial charge in [-0.15, -0.1) is 0 Å². The zero-order valence-corrected chi connectivity index (χ0v) is 20.8. The van der Waals surface area contributed by atoms with Crippen molar-refractivity contribution in [1.82, 2.24) is 25.0 Å². The molecule has 1 aromatic heterocycles. The molecular weight excluding hydrogens is 462 g/mol. The third-order valence-corrected chi connectivity index (χ3v) is 7.69. The molecule has 2 N–H and O–H groups in total. The Labute approximate surface area is 211 Å². The summed E-state index contributed by atoms with van der Waals surface area (Å²) in [5.41, 5.74) is 2.06. The first-order chi connectivity index (χ1) is 17.0. The Hall–Kier alpha value is -2.87. The smallest absolute Gasteiger partial charge is 0.252 e. The number of likely N-dealkylation sites (tertiary alicyclic amines) is 1. The van der Waals surface area contributed by atoms with Crippen molar-refractivity contribution in [3.63, 3.8) is 0 Å². The number of nitrogens with zero attached hydrogens (tertiary/aromatic N) is 3. The lowest BCUT2D eigenvalue weighted by molar-refractivity contribution is -0.135. The lowest BCUT2D eigenvalue weighted by atomic mass is 9.99. The van der Waals surface area contributed by atoms with E-state index in [1.165, 1.54) is 0 Å². The van der Waals surface area contributed by atoms with E-state index >= 15 is 0 Å². The second-order valence-corrected chi connectivity index (χ2v) is 10.0. The van der Waals surface area contributed by atoms with Crippen LogP contribution in [0, 0.1) is 0 Å². The molecule has 8 heteroatoms. The fourth-order valence-electron chi connectivity index (χ4n) is 5.20. The van der Waals surface area contributed by atoms with Crippen LogP contribution in [0.3, 0.4) is 0 Å². The van der Waals surface area contributed by atoms with Crippen molar-refractivity contribution in [2.45, 2.75) is 24.9 Å². The number of hydrogen-bond donors (Lipinski definition) is 2. The average Bonchev–Trinajstić information content (AvgIpc) is 3.27. The van der Waals surface area contributed by atoms with E-state index in [0.29, 0.717) is 29.7 Å². The molecule has 0 spiro atoms. The molecule has 0 saturated carbocycles. The normalized spacial score (nSPS) is 19.1. The molecule has 5 rings (SSSR count). The number of piperidine rings is 1. The molecule has 1 atom stereocenters. The maximum absolute atomic E-state index is 13.7. The number of halogens is 1. The Kier molecular flexibility index (Phi) is 7.09. The molecule has 3 aromatic rings. The van der Waals surface area contributed by atoms with Gasteiger partial charge in [0.25, 0.3) is 5.91 Å². The highest BCUT2D eigenvalue weighted by Gasteiger charge is 2.33. The fourth-order valence-corrected chi connectivity index (χ4v) is 5.42. The van der Waals surface area contributed by atoms with Crippen LogP contribution in [0.2, 0.25) is 5.02 Å². The number of amides is 2. The van der Waals surface area contributed by atoms with Gasteiger partial charge in [-0.05, 0) is 37.6 Å². The van der Waals surface area contributed by atoms with E-state index in [0.717, 1.165) is 55.5 Å². The van der Waals surface area contributed by atoms with Crippen molar-refractivity contribution in [2.75, 3.05) is 46.3 Å². The fraction of sp³-hybridized carbons (Fsp3) is 0.407. The summed E-state index contributed by atoms with van der Waals surface area (Å²) in [5.74, 6) is -0.336. The summed E-state index contributed by atoms with van der Waals surface area (Å²) >= 11 is 6.18. The van der Waals surface area contributed by atoms with E-state index in [1.54, 1.807) is 18.3 Å². The molecule has 2 amide bonds. The molecule has 0 radical (unpaired) electrons. The van der Waals surface area contributed by atoms with Gasteiger partial charge in [-0.1, -0.05) is 48.0 Å². The minimum Gasteiger partial charge on any atom is -0.360 e. The summed E-state index contributed by atoms with van der Waals surface area (Å²) in [6, 6.07) is 14.6. The summed E-state index contributed by atoms with van der Waals surface area (Å²) in [6.45, 7) is 5.80. The van der Waals surface area contributed by atoms with Gasteiger partial charge in [0.2, 0.25) is 5.91 Å². The minimum absolute atomic E-state index is 0.0506. The van der Waals surface area contributed by atoms with E-state index < -0.39 is 6.04 Å². The number of carbonyl (C=O) groups is 2. The molecule has 3 heterocycles. The maximum Gasteiger partial charge on any atom is 0.252 e.